The van der Waals surface area contributed by atoms with Gasteiger partial charge in [-0.2, -0.15) is 4.98 Å². The van der Waals surface area contributed by atoms with Gasteiger partial charge in [0.15, 0.2) is 6.29 Å². The number of oxazole rings is 1. The van der Waals surface area contributed by atoms with Crippen molar-refractivity contribution in [1.82, 2.24) is 4.98 Å². The van der Waals surface area contributed by atoms with Gasteiger partial charge in [0.25, 0.3) is 0 Å². The summed E-state index contributed by atoms with van der Waals surface area (Å²) in [6.45, 7) is 4.80. The van der Waals surface area contributed by atoms with E-state index in [1.807, 2.05) is 36.4 Å². The predicted octanol–water partition coefficient (Wildman–Crippen LogP) is 4.25. The van der Waals surface area contributed by atoms with Crippen LogP contribution in [0.1, 0.15) is 48.6 Å². The Morgan fingerprint density at radius 2 is 1.97 bits per heavy atom. The molecule has 0 N–H and O–H groups in total. The molecular weight excluding hydrogens is 414 g/mol. The number of hydrogen-bond donors (Lipinski definition) is 0. The van der Waals surface area contributed by atoms with Gasteiger partial charge in [0, 0.05) is 18.9 Å². The molecule has 1 saturated heterocycles. The highest BCUT2D eigenvalue weighted by atomic mass is 16.7. The molecular formula is C24H31NO7. The number of methoxy groups -OCH3 is 3. The van der Waals surface area contributed by atoms with Crippen molar-refractivity contribution in [3.8, 4) is 5.95 Å². The lowest BCUT2D eigenvalue weighted by molar-refractivity contribution is -0.258. The van der Waals surface area contributed by atoms with Crippen LogP contribution < -0.4 is 4.74 Å². The third-order valence-corrected chi connectivity index (χ3v) is 5.73. The van der Waals surface area contributed by atoms with E-state index in [0.29, 0.717) is 19.4 Å². The van der Waals surface area contributed by atoms with Crippen LogP contribution in [0.5, 0.6) is 5.95 Å². The molecule has 1 aromatic heterocycles. The van der Waals surface area contributed by atoms with Gasteiger partial charge in [0.05, 0.1) is 33.0 Å². The second-order valence-electron chi connectivity index (χ2n) is 8.15. The summed E-state index contributed by atoms with van der Waals surface area (Å²) in [6, 6.07) is 10.1. The first kappa shape index (κ1) is 24.0. The van der Waals surface area contributed by atoms with E-state index in [0.717, 1.165) is 5.56 Å². The highest BCUT2D eigenvalue weighted by Gasteiger charge is 2.45. The minimum absolute atomic E-state index is 0.00211. The van der Waals surface area contributed by atoms with Gasteiger partial charge >= 0.3 is 11.9 Å². The molecule has 1 aromatic carbocycles. The number of benzene rings is 1. The maximum Gasteiger partial charge on any atom is 0.364 e. The van der Waals surface area contributed by atoms with Gasteiger partial charge in [-0.15, -0.1) is 0 Å². The lowest BCUT2D eigenvalue weighted by Crippen LogP contribution is -2.51. The molecule has 1 aliphatic rings. The molecule has 0 aliphatic carbocycles. The largest absolute Gasteiger partial charge is 0.467 e. The number of rotatable bonds is 9. The summed E-state index contributed by atoms with van der Waals surface area (Å²) >= 11 is 0. The first-order chi connectivity index (χ1) is 15.4. The van der Waals surface area contributed by atoms with Crippen LogP contribution in [0.15, 0.2) is 40.8 Å². The minimum Gasteiger partial charge on any atom is -0.467 e. The van der Waals surface area contributed by atoms with E-state index in [9.17, 15) is 4.79 Å². The molecule has 0 radical (unpaired) electrons. The average Bonchev–Trinajstić information content (AvgIpc) is 3.22. The molecule has 2 aromatic rings. The molecule has 0 spiro atoms. The van der Waals surface area contributed by atoms with Gasteiger partial charge < -0.3 is 28.1 Å². The summed E-state index contributed by atoms with van der Waals surface area (Å²) < 4.78 is 33.2. The first-order valence-corrected chi connectivity index (χ1v) is 10.5. The number of esters is 1. The monoisotopic (exact) mass is 445 g/mol. The van der Waals surface area contributed by atoms with E-state index in [-0.39, 0.29) is 41.4 Å². The maximum atomic E-state index is 11.8. The van der Waals surface area contributed by atoms with Crippen molar-refractivity contribution in [3.05, 3.63) is 53.6 Å². The minimum atomic E-state index is -0.622. The van der Waals surface area contributed by atoms with Gasteiger partial charge in [0.1, 0.15) is 0 Å². The zero-order valence-electron chi connectivity index (χ0n) is 19.2. The van der Waals surface area contributed by atoms with E-state index in [2.05, 4.69) is 18.8 Å². The Labute approximate surface area is 188 Å². The summed E-state index contributed by atoms with van der Waals surface area (Å²) in [6.07, 6.45) is 4.25. The van der Waals surface area contributed by atoms with Crippen LogP contribution in [0.25, 0.3) is 6.08 Å². The summed E-state index contributed by atoms with van der Waals surface area (Å²) in [5.41, 5.74) is 0.858. The molecule has 0 saturated carbocycles. The van der Waals surface area contributed by atoms with E-state index in [1.165, 1.54) is 14.2 Å². The summed E-state index contributed by atoms with van der Waals surface area (Å²) in [4.78, 5) is 15.9. The maximum absolute atomic E-state index is 11.8. The quantitative estimate of drug-likeness (QED) is 0.530. The molecule has 1 fully saturated rings. The van der Waals surface area contributed by atoms with Crippen molar-refractivity contribution in [2.24, 2.45) is 5.41 Å². The van der Waals surface area contributed by atoms with Crippen molar-refractivity contribution >= 4 is 12.0 Å². The Kier molecular flexibility index (Phi) is 8.06. The Balaban J connectivity index is 1.69. The van der Waals surface area contributed by atoms with Crippen molar-refractivity contribution < 1.29 is 32.9 Å². The van der Waals surface area contributed by atoms with Crippen LogP contribution in [0, 0.1) is 5.41 Å². The molecule has 0 bridgehead atoms. The Hall–Kier alpha value is -2.68. The van der Waals surface area contributed by atoms with Gasteiger partial charge in [-0.1, -0.05) is 50.3 Å². The van der Waals surface area contributed by atoms with Gasteiger partial charge in [-0.3, -0.25) is 0 Å². The highest BCUT2D eigenvalue weighted by molar-refractivity contribution is 5.89. The zero-order valence-corrected chi connectivity index (χ0v) is 19.2. The van der Waals surface area contributed by atoms with Crippen LogP contribution >= 0.6 is 0 Å². The van der Waals surface area contributed by atoms with Crippen molar-refractivity contribution in [3.63, 3.8) is 0 Å². The number of ether oxygens (including phenoxy) is 5. The molecule has 8 nitrogen and oxygen atoms in total. The smallest absolute Gasteiger partial charge is 0.364 e. The zero-order chi connectivity index (χ0) is 23.1. The molecule has 8 heteroatoms. The number of carbonyl (C=O) groups excluding carboxylic acids is 1. The van der Waals surface area contributed by atoms with Crippen LogP contribution in [0.4, 0.5) is 0 Å². The van der Waals surface area contributed by atoms with E-state index in [1.54, 1.807) is 13.2 Å². The number of nitrogens with zero attached hydrogens (tertiary/aromatic N) is 1. The molecule has 2 heterocycles. The molecule has 32 heavy (non-hydrogen) atoms. The van der Waals surface area contributed by atoms with Crippen LogP contribution in [0.3, 0.4) is 0 Å². The second-order valence-corrected chi connectivity index (χ2v) is 8.15. The van der Waals surface area contributed by atoms with Crippen LogP contribution in [-0.2, 0) is 25.6 Å². The lowest BCUT2D eigenvalue weighted by Gasteiger charge is -2.47. The third kappa shape index (κ3) is 5.56. The Morgan fingerprint density at radius 3 is 2.62 bits per heavy atom. The second kappa shape index (κ2) is 10.8. The SMILES string of the molecule is COC(=O)c1nc(/C=C/C[C@H]2O[C@H](OC)C[C@@H](OCc3ccccc3)C2(C)C)oc1OC. The summed E-state index contributed by atoms with van der Waals surface area (Å²) in [5.74, 6) is -0.362. The fourth-order valence-electron chi connectivity index (χ4n) is 3.71. The van der Waals surface area contributed by atoms with E-state index >= 15 is 0 Å². The fourth-order valence-corrected chi connectivity index (χ4v) is 3.71. The molecule has 3 rings (SSSR count). The van der Waals surface area contributed by atoms with Crippen molar-refractivity contribution in [1.29, 1.82) is 0 Å². The molecule has 0 unspecified atom stereocenters. The fraction of sp³-hybridized carbons (Fsp3) is 0.500. The molecule has 3 atom stereocenters. The standard InChI is InChI=1S/C24H31NO7/c1-24(2)17(12-9-13-19-25-21(22(26)28-4)23(29-5)32-19)31-20(27-3)14-18(24)30-15-16-10-7-6-8-11-16/h6-11,13,17-18,20H,12,14-15H2,1-5H3/b13-9+/t17-,18-,20+/m1/s1. The van der Waals surface area contributed by atoms with Gasteiger partial charge in [0.2, 0.25) is 11.6 Å². The van der Waals surface area contributed by atoms with Crippen molar-refractivity contribution in [2.75, 3.05) is 21.3 Å². The van der Waals surface area contributed by atoms with Gasteiger partial charge in [-0.05, 0) is 18.1 Å². The van der Waals surface area contributed by atoms with Crippen LogP contribution in [0.2, 0.25) is 0 Å². The third-order valence-electron chi connectivity index (χ3n) is 5.73. The van der Waals surface area contributed by atoms with Crippen LogP contribution in [-0.4, -0.2) is 50.8 Å². The molecule has 1 aliphatic heterocycles. The Bertz CT molecular complexity index is 906. The van der Waals surface area contributed by atoms with E-state index < -0.39 is 5.97 Å². The predicted molar refractivity (Wildman–Crippen MR) is 117 cm³/mol. The number of hydrogen-bond acceptors (Lipinski definition) is 8. The Morgan fingerprint density at radius 1 is 1.22 bits per heavy atom. The number of aromatic nitrogens is 1. The summed E-state index contributed by atoms with van der Waals surface area (Å²) in [5, 5.41) is 0. The van der Waals surface area contributed by atoms with E-state index in [4.69, 9.17) is 28.1 Å². The molecule has 0 amide bonds. The summed E-state index contributed by atoms with van der Waals surface area (Å²) in [7, 11) is 4.31. The number of carbonyl (C=O) groups is 1. The van der Waals surface area contributed by atoms with Gasteiger partial charge in [-0.25, -0.2) is 4.79 Å². The topological polar surface area (TPSA) is 89.3 Å². The van der Waals surface area contributed by atoms with Crippen molar-refractivity contribution in [2.45, 2.75) is 51.8 Å². The molecule has 174 valence electrons. The lowest BCUT2D eigenvalue weighted by atomic mass is 9.76. The first-order valence-electron chi connectivity index (χ1n) is 10.5. The average molecular weight is 446 g/mol. The normalized spacial score (nSPS) is 22.7. The highest BCUT2D eigenvalue weighted by Crippen LogP contribution is 2.40.